The first-order chi connectivity index (χ1) is 9.20. The van der Waals surface area contributed by atoms with Gasteiger partial charge in [0, 0.05) is 32.7 Å². The Morgan fingerprint density at radius 2 is 1.95 bits per heavy atom. The lowest BCUT2D eigenvalue weighted by Gasteiger charge is -2.33. The van der Waals surface area contributed by atoms with Crippen molar-refractivity contribution < 1.29 is 4.42 Å². The SMILES string of the molecule is CCn1c(=O)oc2c(N3CCN(C)CC3)cccc21. The molecule has 0 atom stereocenters. The normalized spacial score (nSPS) is 17.3. The van der Waals surface area contributed by atoms with E-state index in [0.717, 1.165) is 43.0 Å². The molecule has 1 saturated heterocycles. The van der Waals surface area contributed by atoms with Crippen LogP contribution in [-0.2, 0) is 6.54 Å². The zero-order valence-corrected chi connectivity index (χ0v) is 11.4. The molecule has 1 aliphatic rings. The highest BCUT2D eigenvalue weighted by Gasteiger charge is 2.19. The highest BCUT2D eigenvalue weighted by Crippen LogP contribution is 2.26. The Balaban J connectivity index is 2.07. The van der Waals surface area contributed by atoms with Crippen molar-refractivity contribution in [2.45, 2.75) is 13.5 Å². The first-order valence-corrected chi connectivity index (χ1v) is 6.76. The smallest absolute Gasteiger partial charge is 0.405 e. The Kier molecular flexibility index (Phi) is 3.06. The molecule has 0 bridgehead atoms. The minimum Gasteiger partial charge on any atom is -0.405 e. The summed E-state index contributed by atoms with van der Waals surface area (Å²) in [6.07, 6.45) is 0. The van der Waals surface area contributed by atoms with Crippen LogP contribution in [0.2, 0.25) is 0 Å². The van der Waals surface area contributed by atoms with Crippen LogP contribution in [0.3, 0.4) is 0 Å². The molecule has 19 heavy (non-hydrogen) atoms. The lowest BCUT2D eigenvalue weighted by Crippen LogP contribution is -2.44. The summed E-state index contributed by atoms with van der Waals surface area (Å²) in [6.45, 7) is 6.61. The first-order valence-electron chi connectivity index (χ1n) is 6.76. The summed E-state index contributed by atoms with van der Waals surface area (Å²) >= 11 is 0. The summed E-state index contributed by atoms with van der Waals surface area (Å²) in [4.78, 5) is 16.4. The monoisotopic (exact) mass is 261 g/mol. The Hall–Kier alpha value is -1.75. The number of aromatic nitrogens is 1. The van der Waals surface area contributed by atoms with Crippen molar-refractivity contribution in [2.75, 3.05) is 38.1 Å². The predicted octanol–water partition coefficient (Wildman–Crippen LogP) is 1.37. The topological polar surface area (TPSA) is 41.6 Å². The van der Waals surface area contributed by atoms with E-state index in [1.54, 1.807) is 4.57 Å². The molecule has 102 valence electrons. The minimum absolute atomic E-state index is 0.265. The number of hydrogen-bond acceptors (Lipinski definition) is 4. The number of piperazine rings is 1. The number of hydrogen-bond donors (Lipinski definition) is 0. The third-order valence-electron chi connectivity index (χ3n) is 3.83. The number of likely N-dealkylation sites (N-methyl/N-ethyl adjacent to an activating group) is 1. The molecule has 0 amide bonds. The number of aryl methyl sites for hydroxylation is 1. The predicted molar refractivity (Wildman–Crippen MR) is 75.9 cm³/mol. The van der Waals surface area contributed by atoms with Gasteiger partial charge in [0.05, 0.1) is 11.2 Å². The van der Waals surface area contributed by atoms with E-state index in [1.807, 2.05) is 25.1 Å². The van der Waals surface area contributed by atoms with Crippen molar-refractivity contribution in [1.82, 2.24) is 9.47 Å². The molecule has 2 heterocycles. The minimum atomic E-state index is -0.265. The molecule has 0 N–H and O–H groups in total. The Labute approximate surface area is 112 Å². The van der Waals surface area contributed by atoms with E-state index in [4.69, 9.17) is 4.42 Å². The largest absolute Gasteiger partial charge is 0.420 e. The van der Waals surface area contributed by atoms with Gasteiger partial charge in [0.15, 0.2) is 5.58 Å². The number of oxazole rings is 1. The van der Waals surface area contributed by atoms with Crippen LogP contribution < -0.4 is 10.7 Å². The van der Waals surface area contributed by atoms with Gasteiger partial charge in [0.2, 0.25) is 0 Å². The third-order valence-corrected chi connectivity index (χ3v) is 3.83. The van der Waals surface area contributed by atoms with Gasteiger partial charge in [-0.3, -0.25) is 4.57 Å². The van der Waals surface area contributed by atoms with E-state index in [1.165, 1.54) is 0 Å². The standard InChI is InChI=1S/C14H19N3O2/c1-3-17-12-6-4-5-11(13(12)19-14(17)18)16-9-7-15(2)8-10-16/h4-6H,3,7-10H2,1-2H3. The Bertz CT molecular complexity index is 636. The lowest BCUT2D eigenvalue weighted by molar-refractivity contribution is 0.312. The van der Waals surface area contributed by atoms with Gasteiger partial charge in [0.25, 0.3) is 0 Å². The van der Waals surface area contributed by atoms with Crippen LogP contribution in [0.4, 0.5) is 5.69 Å². The zero-order valence-electron chi connectivity index (χ0n) is 11.4. The van der Waals surface area contributed by atoms with Gasteiger partial charge in [-0.25, -0.2) is 4.79 Å². The van der Waals surface area contributed by atoms with Crippen LogP contribution in [0.1, 0.15) is 6.92 Å². The van der Waals surface area contributed by atoms with Crippen molar-refractivity contribution in [1.29, 1.82) is 0 Å². The van der Waals surface area contributed by atoms with Crippen molar-refractivity contribution in [3.63, 3.8) is 0 Å². The van der Waals surface area contributed by atoms with Crippen LogP contribution in [0, 0.1) is 0 Å². The van der Waals surface area contributed by atoms with Gasteiger partial charge in [-0.05, 0) is 26.1 Å². The van der Waals surface area contributed by atoms with Crippen molar-refractivity contribution >= 4 is 16.8 Å². The van der Waals surface area contributed by atoms with Gasteiger partial charge in [0.1, 0.15) is 0 Å². The molecule has 1 aromatic heterocycles. The average molecular weight is 261 g/mol. The quantitative estimate of drug-likeness (QED) is 0.818. The average Bonchev–Trinajstić information content (AvgIpc) is 2.75. The second-order valence-electron chi connectivity index (χ2n) is 5.03. The van der Waals surface area contributed by atoms with Crippen LogP contribution in [0.5, 0.6) is 0 Å². The molecule has 3 rings (SSSR count). The van der Waals surface area contributed by atoms with Crippen LogP contribution in [0.15, 0.2) is 27.4 Å². The fourth-order valence-electron chi connectivity index (χ4n) is 2.67. The molecule has 0 spiro atoms. The molecule has 1 fully saturated rings. The highest BCUT2D eigenvalue weighted by molar-refractivity contribution is 5.87. The maximum atomic E-state index is 11.8. The van der Waals surface area contributed by atoms with E-state index < -0.39 is 0 Å². The van der Waals surface area contributed by atoms with Crippen LogP contribution >= 0.6 is 0 Å². The van der Waals surface area contributed by atoms with Gasteiger partial charge >= 0.3 is 5.76 Å². The molecule has 5 nitrogen and oxygen atoms in total. The molecule has 0 unspecified atom stereocenters. The maximum Gasteiger partial charge on any atom is 0.420 e. The molecular formula is C14H19N3O2. The number of nitrogens with zero attached hydrogens (tertiary/aromatic N) is 3. The molecule has 0 radical (unpaired) electrons. The number of para-hydroxylation sites is 1. The number of anilines is 1. The van der Waals surface area contributed by atoms with Gasteiger partial charge < -0.3 is 14.2 Å². The van der Waals surface area contributed by atoms with E-state index >= 15 is 0 Å². The van der Waals surface area contributed by atoms with Gasteiger partial charge in [-0.2, -0.15) is 0 Å². The van der Waals surface area contributed by atoms with E-state index in [2.05, 4.69) is 16.8 Å². The highest BCUT2D eigenvalue weighted by atomic mass is 16.4. The third kappa shape index (κ3) is 2.04. The molecule has 0 aliphatic carbocycles. The van der Waals surface area contributed by atoms with Crippen molar-refractivity contribution in [2.24, 2.45) is 0 Å². The number of rotatable bonds is 2. The molecule has 0 saturated carbocycles. The zero-order chi connectivity index (χ0) is 13.4. The summed E-state index contributed by atoms with van der Waals surface area (Å²) in [5, 5.41) is 0. The summed E-state index contributed by atoms with van der Waals surface area (Å²) < 4.78 is 7.13. The number of fused-ring (bicyclic) bond motifs is 1. The van der Waals surface area contributed by atoms with Crippen LogP contribution in [0.25, 0.3) is 11.1 Å². The second kappa shape index (κ2) is 4.74. The van der Waals surface area contributed by atoms with Crippen molar-refractivity contribution in [3.05, 3.63) is 28.7 Å². The lowest BCUT2D eigenvalue weighted by atomic mass is 10.2. The fraction of sp³-hybridized carbons (Fsp3) is 0.500. The van der Waals surface area contributed by atoms with E-state index in [-0.39, 0.29) is 5.76 Å². The maximum absolute atomic E-state index is 11.8. The molecule has 2 aromatic rings. The summed E-state index contributed by atoms with van der Waals surface area (Å²) in [5.41, 5.74) is 2.65. The Morgan fingerprint density at radius 1 is 1.21 bits per heavy atom. The van der Waals surface area contributed by atoms with Gasteiger partial charge in [-0.15, -0.1) is 0 Å². The molecule has 5 heteroatoms. The summed E-state index contributed by atoms with van der Waals surface area (Å²) in [7, 11) is 2.13. The number of benzene rings is 1. The first kappa shape index (κ1) is 12.3. The molecule has 1 aliphatic heterocycles. The fourth-order valence-corrected chi connectivity index (χ4v) is 2.67. The molecular weight excluding hydrogens is 242 g/mol. The summed E-state index contributed by atoms with van der Waals surface area (Å²) in [5.74, 6) is -0.265. The second-order valence-corrected chi connectivity index (χ2v) is 5.03. The van der Waals surface area contributed by atoms with Crippen molar-refractivity contribution in [3.8, 4) is 0 Å². The summed E-state index contributed by atoms with van der Waals surface area (Å²) in [6, 6.07) is 5.98. The van der Waals surface area contributed by atoms with Crippen LogP contribution in [-0.4, -0.2) is 42.7 Å². The Morgan fingerprint density at radius 3 is 2.63 bits per heavy atom. The van der Waals surface area contributed by atoms with E-state index in [9.17, 15) is 4.79 Å². The van der Waals surface area contributed by atoms with E-state index in [0.29, 0.717) is 6.54 Å². The molecule has 1 aromatic carbocycles. The van der Waals surface area contributed by atoms with Gasteiger partial charge in [-0.1, -0.05) is 6.07 Å².